The molecule has 0 saturated carbocycles. The van der Waals surface area contributed by atoms with Crippen molar-refractivity contribution in [2.75, 3.05) is 10.2 Å². The number of nitrogens with zero attached hydrogens (tertiary/aromatic N) is 9. The summed E-state index contributed by atoms with van der Waals surface area (Å²) in [7, 11) is 0. The lowest BCUT2D eigenvalue weighted by atomic mass is 9.91. The number of thiazole rings is 2. The number of hydrogen-bond donors (Lipinski definition) is 1. The molecular formula is C46H44N10S2. The molecule has 0 aliphatic carbocycles. The highest BCUT2D eigenvalue weighted by Gasteiger charge is 2.30. The van der Waals surface area contributed by atoms with Gasteiger partial charge in [-0.2, -0.15) is 9.78 Å². The van der Waals surface area contributed by atoms with E-state index in [1.807, 2.05) is 76.2 Å². The topological polar surface area (TPSA) is 101 Å². The molecule has 0 unspecified atom stereocenters. The van der Waals surface area contributed by atoms with Crippen LogP contribution in [0.4, 0.5) is 45.3 Å². The van der Waals surface area contributed by atoms with E-state index in [1.54, 1.807) is 16.0 Å². The Morgan fingerprint density at radius 3 is 1.88 bits per heavy atom. The van der Waals surface area contributed by atoms with Gasteiger partial charge in [-0.25, -0.2) is 19.8 Å². The van der Waals surface area contributed by atoms with Crippen LogP contribution in [-0.4, -0.2) is 24.7 Å². The molecule has 0 bridgehead atoms. The van der Waals surface area contributed by atoms with Crippen molar-refractivity contribution in [3.8, 4) is 5.13 Å². The Morgan fingerprint density at radius 2 is 1.29 bits per heavy atom. The minimum Gasteiger partial charge on any atom is -0.338 e. The van der Waals surface area contributed by atoms with E-state index >= 15 is 0 Å². The molecule has 4 aromatic heterocycles. The average Bonchev–Trinajstić information content (AvgIpc) is 3.88. The SMILES string of the molecule is [C-]#[N+]c1c(C(C)(C)C)nn(-c2nc3ccccc3s2)c1N=Nc1c(C)cc(N(c2nc3ccccc3s2)c2c(C)cc(C)cc2C)nc1Nc1c(C)cc(C)cc1C. The Kier molecular flexibility index (Phi) is 9.91. The van der Waals surface area contributed by atoms with E-state index in [2.05, 4.69) is 86.9 Å². The number of rotatable bonds is 8. The van der Waals surface area contributed by atoms with Crippen molar-refractivity contribution in [3.63, 3.8) is 0 Å². The first-order valence-corrected chi connectivity index (χ1v) is 20.7. The van der Waals surface area contributed by atoms with E-state index < -0.39 is 5.41 Å². The standard InChI is InChI=1S/C46H44N10S2/c1-25-20-27(3)37(28(4)21-25)51-42-38(52-53-43-39(47-11)41(46(8,9)10)54-56(43)45-49-33-17-13-15-19-35(33)58-45)29(5)24-36(50-42)55(40-30(6)22-26(2)23-31(40)7)44-48-32-16-12-14-18-34(32)57-44/h12-24H,1-10H3,(H,50,51). The second-order valence-corrected chi connectivity index (χ2v) is 17.9. The first-order valence-electron chi connectivity index (χ1n) is 19.1. The van der Waals surface area contributed by atoms with E-state index in [4.69, 9.17) is 36.9 Å². The molecule has 58 heavy (non-hydrogen) atoms. The summed E-state index contributed by atoms with van der Waals surface area (Å²) in [4.78, 5) is 21.6. The lowest BCUT2D eigenvalue weighted by Crippen LogP contribution is -2.15. The molecule has 8 aromatic rings. The van der Waals surface area contributed by atoms with Crippen molar-refractivity contribution >= 4 is 88.4 Å². The first kappa shape index (κ1) is 38.6. The Labute approximate surface area is 346 Å². The zero-order valence-corrected chi connectivity index (χ0v) is 36.0. The quantitative estimate of drug-likeness (QED) is 0.121. The molecule has 0 aliphatic rings. The maximum absolute atomic E-state index is 8.31. The maximum atomic E-state index is 8.31. The summed E-state index contributed by atoms with van der Waals surface area (Å²) in [6.07, 6.45) is 0. The molecule has 4 aromatic carbocycles. The zero-order chi connectivity index (χ0) is 41.0. The Morgan fingerprint density at radius 1 is 0.707 bits per heavy atom. The van der Waals surface area contributed by atoms with Gasteiger partial charge in [-0.05, 0) is 112 Å². The second kappa shape index (κ2) is 14.9. The van der Waals surface area contributed by atoms with Crippen LogP contribution in [0.25, 0.3) is 30.4 Å². The number of anilines is 5. The average molecular weight is 801 g/mol. The smallest absolute Gasteiger partial charge is 0.255 e. The van der Waals surface area contributed by atoms with Crippen LogP contribution in [-0.2, 0) is 5.41 Å². The lowest BCUT2D eigenvalue weighted by molar-refractivity contribution is 0.562. The molecule has 4 heterocycles. The first-order chi connectivity index (χ1) is 27.7. The molecule has 0 saturated heterocycles. The Balaban J connectivity index is 1.36. The van der Waals surface area contributed by atoms with E-state index in [0.29, 0.717) is 39.7 Å². The van der Waals surface area contributed by atoms with E-state index in [1.165, 1.54) is 22.5 Å². The highest BCUT2D eigenvalue weighted by Crippen LogP contribution is 2.46. The fourth-order valence-electron chi connectivity index (χ4n) is 7.54. The van der Waals surface area contributed by atoms with Crippen LogP contribution in [0.15, 0.2) is 89.1 Å². The normalized spacial score (nSPS) is 11.9. The summed E-state index contributed by atoms with van der Waals surface area (Å²) in [5.74, 6) is 1.53. The van der Waals surface area contributed by atoms with Crippen molar-refractivity contribution in [1.29, 1.82) is 0 Å². The minimum atomic E-state index is -0.436. The van der Waals surface area contributed by atoms with Crippen molar-refractivity contribution in [2.45, 2.75) is 74.7 Å². The molecule has 0 amide bonds. The minimum absolute atomic E-state index is 0.318. The molecule has 0 spiro atoms. The second-order valence-electron chi connectivity index (χ2n) is 15.9. The van der Waals surface area contributed by atoms with Gasteiger partial charge in [0.25, 0.3) is 5.69 Å². The molecule has 0 radical (unpaired) electrons. The summed E-state index contributed by atoms with van der Waals surface area (Å²) in [5.41, 5.74) is 12.4. The van der Waals surface area contributed by atoms with Gasteiger partial charge in [-0.15, -0.1) is 10.2 Å². The summed E-state index contributed by atoms with van der Waals surface area (Å²) >= 11 is 3.13. The molecule has 290 valence electrons. The molecule has 0 fully saturated rings. The third kappa shape index (κ3) is 7.12. The van der Waals surface area contributed by atoms with Crippen LogP contribution >= 0.6 is 22.7 Å². The predicted molar refractivity (Wildman–Crippen MR) is 241 cm³/mol. The molecule has 0 atom stereocenters. The number of pyridine rings is 1. The third-order valence-electron chi connectivity index (χ3n) is 10.0. The molecular weight excluding hydrogens is 757 g/mol. The number of aromatic nitrogens is 5. The van der Waals surface area contributed by atoms with Gasteiger partial charge >= 0.3 is 0 Å². The van der Waals surface area contributed by atoms with E-state index in [9.17, 15) is 0 Å². The van der Waals surface area contributed by atoms with Crippen molar-refractivity contribution in [2.24, 2.45) is 10.2 Å². The van der Waals surface area contributed by atoms with Gasteiger partial charge in [0.2, 0.25) is 5.13 Å². The van der Waals surface area contributed by atoms with Gasteiger partial charge in [0.05, 0.1) is 38.4 Å². The van der Waals surface area contributed by atoms with Gasteiger partial charge in [0, 0.05) is 5.69 Å². The zero-order valence-electron chi connectivity index (χ0n) is 34.3. The Bertz CT molecular complexity index is 2860. The van der Waals surface area contributed by atoms with Crippen LogP contribution in [0.1, 0.15) is 65.4 Å². The number of aryl methyl sites for hydroxylation is 7. The van der Waals surface area contributed by atoms with Gasteiger partial charge in [0.1, 0.15) is 11.5 Å². The van der Waals surface area contributed by atoms with Crippen LogP contribution in [0.3, 0.4) is 0 Å². The number of para-hydroxylation sites is 2. The van der Waals surface area contributed by atoms with Crippen molar-refractivity contribution in [1.82, 2.24) is 24.7 Å². The molecule has 12 heteroatoms. The predicted octanol–water partition coefficient (Wildman–Crippen LogP) is 14.1. The van der Waals surface area contributed by atoms with Gasteiger partial charge in [0.15, 0.2) is 16.8 Å². The monoisotopic (exact) mass is 800 g/mol. The van der Waals surface area contributed by atoms with Gasteiger partial charge < -0.3 is 5.32 Å². The number of hydrogen-bond acceptors (Lipinski definition) is 10. The number of nitrogens with one attached hydrogen (secondary N) is 1. The van der Waals surface area contributed by atoms with Crippen LogP contribution in [0, 0.1) is 55.0 Å². The van der Waals surface area contributed by atoms with Crippen molar-refractivity contribution < 1.29 is 0 Å². The number of fused-ring (bicyclic) bond motifs is 2. The maximum Gasteiger partial charge on any atom is 0.255 e. The molecule has 8 rings (SSSR count). The fourth-order valence-corrected chi connectivity index (χ4v) is 9.44. The van der Waals surface area contributed by atoms with Gasteiger partial charge in [-0.3, -0.25) is 4.90 Å². The molecule has 10 nitrogen and oxygen atoms in total. The number of benzene rings is 4. The highest BCUT2D eigenvalue weighted by molar-refractivity contribution is 7.22. The summed E-state index contributed by atoms with van der Waals surface area (Å²) in [6, 6.07) is 26.9. The van der Waals surface area contributed by atoms with E-state index in [-0.39, 0.29) is 0 Å². The lowest BCUT2D eigenvalue weighted by Gasteiger charge is -2.27. The molecule has 0 aliphatic heterocycles. The number of azo groups is 1. The molecule has 1 N–H and O–H groups in total. The van der Waals surface area contributed by atoms with Crippen molar-refractivity contribution in [3.05, 3.63) is 135 Å². The van der Waals surface area contributed by atoms with Crippen LogP contribution < -0.4 is 10.2 Å². The Hall–Kier alpha value is -6.29. The largest absolute Gasteiger partial charge is 0.338 e. The fraction of sp³-hybridized carbons (Fsp3) is 0.239. The summed E-state index contributed by atoms with van der Waals surface area (Å²) < 4.78 is 3.77. The summed E-state index contributed by atoms with van der Waals surface area (Å²) in [5, 5.41) is 19.9. The van der Waals surface area contributed by atoms with E-state index in [0.717, 1.165) is 64.8 Å². The summed E-state index contributed by atoms with van der Waals surface area (Å²) in [6.45, 7) is 29.2. The highest BCUT2D eigenvalue weighted by atomic mass is 32.1. The van der Waals surface area contributed by atoms with Crippen LogP contribution in [0.5, 0.6) is 0 Å². The third-order valence-corrected chi connectivity index (χ3v) is 12.1. The van der Waals surface area contributed by atoms with Gasteiger partial charge in [-0.1, -0.05) is 103 Å². The van der Waals surface area contributed by atoms with Crippen LogP contribution in [0.2, 0.25) is 0 Å².